The van der Waals surface area contributed by atoms with Crippen molar-refractivity contribution in [2.24, 2.45) is 4.99 Å². The van der Waals surface area contributed by atoms with E-state index < -0.39 is 15.7 Å². The number of hydrogen-bond acceptors (Lipinski definition) is 8. The molecule has 10 nitrogen and oxygen atoms in total. The van der Waals surface area contributed by atoms with E-state index in [4.69, 9.17) is 4.74 Å². The van der Waals surface area contributed by atoms with Crippen molar-refractivity contribution in [3.63, 3.8) is 0 Å². The van der Waals surface area contributed by atoms with Crippen LogP contribution in [0.3, 0.4) is 0 Å². The van der Waals surface area contributed by atoms with Crippen molar-refractivity contribution < 1.29 is 17.9 Å². The molecule has 0 aliphatic carbocycles. The molecule has 0 unspecified atom stereocenters. The first kappa shape index (κ1) is 20.6. The lowest BCUT2D eigenvalue weighted by Crippen LogP contribution is -2.36. The number of sulfone groups is 1. The summed E-state index contributed by atoms with van der Waals surface area (Å²) in [5, 5.41) is 4.23. The van der Waals surface area contributed by atoms with Crippen molar-refractivity contribution in [2.45, 2.75) is 11.6 Å². The molecule has 1 aromatic carbocycles. The Morgan fingerprint density at radius 2 is 1.97 bits per heavy atom. The highest BCUT2D eigenvalue weighted by molar-refractivity contribution is 7.90. The van der Waals surface area contributed by atoms with Crippen LogP contribution < -0.4 is 15.8 Å². The summed E-state index contributed by atoms with van der Waals surface area (Å²) in [4.78, 5) is 27.8. The zero-order valence-electron chi connectivity index (χ0n) is 17.5. The van der Waals surface area contributed by atoms with E-state index >= 15 is 0 Å². The van der Waals surface area contributed by atoms with E-state index in [0.717, 1.165) is 41.8 Å². The average molecular weight is 455 g/mol. The van der Waals surface area contributed by atoms with Crippen molar-refractivity contribution in [1.29, 1.82) is 0 Å². The summed E-state index contributed by atoms with van der Waals surface area (Å²) in [6, 6.07) is 8.84. The molecule has 166 valence electrons. The molecule has 0 radical (unpaired) electrons. The number of morpholine rings is 1. The molecule has 1 saturated heterocycles. The molecule has 3 aromatic rings. The third-order valence-corrected chi connectivity index (χ3v) is 6.54. The predicted molar refractivity (Wildman–Crippen MR) is 118 cm³/mol. The van der Waals surface area contributed by atoms with Crippen LogP contribution in [-0.2, 0) is 21.1 Å². The van der Waals surface area contributed by atoms with E-state index in [-0.39, 0.29) is 10.6 Å². The maximum atomic E-state index is 12.8. The fraction of sp³-hybridized carbons (Fsp3) is 0.333. The number of anilines is 2. The number of nitrogens with one attached hydrogen (secondary N) is 1. The van der Waals surface area contributed by atoms with E-state index in [2.05, 4.69) is 31.2 Å². The van der Waals surface area contributed by atoms with Gasteiger partial charge in [-0.15, -0.1) is 0 Å². The Morgan fingerprint density at radius 1 is 1.16 bits per heavy atom. The van der Waals surface area contributed by atoms with Crippen molar-refractivity contribution in [3.8, 4) is 0 Å². The molecule has 0 spiro atoms. The van der Waals surface area contributed by atoms with Crippen LogP contribution in [-0.4, -0.2) is 68.0 Å². The van der Waals surface area contributed by atoms with Crippen LogP contribution >= 0.6 is 0 Å². The van der Waals surface area contributed by atoms with Gasteiger partial charge in [0.25, 0.3) is 5.91 Å². The van der Waals surface area contributed by atoms with Crippen LogP contribution in [0.25, 0.3) is 10.9 Å². The predicted octanol–water partition coefficient (Wildman–Crippen LogP) is 0.838. The van der Waals surface area contributed by atoms with Crippen LogP contribution in [0, 0.1) is 0 Å². The number of aromatic nitrogens is 3. The summed E-state index contributed by atoms with van der Waals surface area (Å²) in [5.41, 5.74) is 2.29. The minimum atomic E-state index is -3.44. The minimum Gasteiger partial charge on any atom is -0.378 e. The Morgan fingerprint density at radius 3 is 2.69 bits per heavy atom. The molecule has 11 heteroatoms. The Balaban J connectivity index is 1.56. The van der Waals surface area contributed by atoms with Gasteiger partial charge in [0.05, 0.1) is 24.3 Å². The van der Waals surface area contributed by atoms with Gasteiger partial charge in [0.2, 0.25) is 5.62 Å². The topological polar surface area (TPSA) is 119 Å². The molecule has 2 aliphatic rings. The van der Waals surface area contributed by atoms with Gasteiger partial charge in [0.1, 0.15) is 5.82 Å². The Hall–Kier alpha value is -3.31. The van der Waals surface area contributed by atoms with Crippen LogP contribution in [0.4, 0.5) is 11.5 Å². The zero-order valence-corrected chi connectivity index (χ0v) is 18.3. The number of benzene rings is 1. The number of ether oxygens (including phenoxy) is 1. The first-order valence-electron chi connectivity index (χ1n) is 10.3. The Kier molecular flexibility index (Phi) is 5.14. The maximum absolute atomic E-state index is 12.8. The molecule has 32 heavy (non-hydrogen) atoms. The van der Waals surface area contributed by atoms with Gasteiger partial charge < -0.3 is 15.0 Å². The number of amides is 1. The minimum absolute atomic E-state index is 0.0898. The largest absolute Gasteiger partial charge is 0.378 e. The highest BCUT2D eigenvalue weighted by Crippen LogP contribution is 2.27. The molecular formula is C21H22N6O4S. The number of fused-ring (bicyclic) bond motifs is 3. The quantitative estimate of drug-likeness (QED) is 0.618. The van der Waals surface area contributed by atoms with Gasteiger partial charge in [0, 0.05) is 49.7 Å². The molecule has 2 aliphatic heterocycles. The van der Waals surface area contributed by atoms with Gasteiger partial charge in [-0.1, -0.05) is 0 Å². The van der Waals surface area contributed by atoms with Gasteiger partial charge in [-0.3, -0.25) is 9.36 Å². The lowest BCUT2D eigenvalue weighted by atomic mass is 10.2. The lowest BCUT2D eigenvalue weighted by Gasteiger charge is -2.29. The molecule has 2 aromatic heterocycles. The normalized spacial score (nSPS) is 16.8. The molecule has 0 bridgehead atoms. The third kappa shape index (κ3) is 3.84. The van der Waals surface area contributed by atoms with Gasteiger partial charge in [-0.25, -0.2) is 18.4 Å². The van der Waals surface area contributed by atoms with Crippen LogP contribution in [0.1, 0.15) is 10.4 Å². The SMILES string of the molecule is CS(=O)(=O)c1ccc(C(=O)N=c2nc3cc(N4CCOCC4)ccc3c3n2CCN3)cn1. The first-order chi connectivity index (χ1) is 15.4. The molecule has 0 atom stereocenters. The van der Waals surface area contributed by atoms with Crippen molar-refractivity contribution in [1.82, 2.24) is 14.5 Å². The van der Waals surface area contributed by atoms with E-state index in [0.29, 0.717) is 31.9 Å². The van der Waals surface area contributed by atoms with E-state index in [1.807, 2.05) is 16.7 Å². The molecule has 1 fully saturated rings. The van der Waals surface area contributed by atoms with Crippen molar-refractivity contribution in [2.75, 3.05) is 49.3 Å². The lowest BCUT2D eigenvalue weighted by molar-refractivity contribution is 0.0996. The fourth-order valence-corrected chi connectivity index (χ4v) is 4.46. The smallest absolute Gasteiger partial charge is 0.281 e. The summed E-state index contributed by atoms with van der Waals surface area (Å²) in [7, 11) is -3.44. The molecule has 5 rings (SSSR count). The summed E-state index contributed by atoms with van der Waals surface area (Å²) < 4.78 is 30.5. The summed E-state index contributed by atoms with van der Waals surface area (Å²) >= 11 is 0. The van der Waals surface area contributed by atoms with Gasteiger partial charge >= 0.3 is 0 Å². The third-order valence-electron chi connectivity index (χ3n) is 5.54. The summed E-state index contributed by atoms with van der Waals surface area (Å²) in [5.74, 6) is 0.343. The maximum Gasteiger partial charge on any atom is 0.281 e. The van der Waals surface area contributed by atoms with E-state index in [1.54, 1.807) is 0 Å². The molecule has 1 N–H and O–H groups in total. The molecule has 1 amide bonds. The second-order valence-corrected chi connectivity index (χ2v) is 9.68. The van der Waals surface area contributed by atoms with Crippen molar-refractivity contribution in [3.05, 3.63) is 47.7 Å². The van der Waals surface area contributed by atoms with Gasteiger partial charge in [0.15, 0.2) is 14.9 Å². The highest BCUT2D eigenvalue weighted by Gasteiger charge is 2.19. The second kappa shape index (κ2) is 7.99. The van der Waals surface area contributed by atoms with Crippen LogP contribution in [0.2, 0.25) is 0 Å². The summed E-state index contributed by atoms with van der Waals surface area (Å²) in [6.07, 6.45) is 2.29. The number of pyridine rings is 1. The van der Waals surface area contributed by atoms with Gasteiger partial charge in [-0.05, 0) is 30.3 Å². The van der Waals surface area contributed by atoms with Crippen molar-refractivity contribution >= 4 is 38.2 Å². The van der Waals surface area contributed by atoms with Gasteiger partial charge in [-0.2, -0.15) is 4.99 Å². The number of carbonyl (C=O) groups is 1. The number of carbonyl (C=O) groups excluding carboxylic acids is 1. The highest BCUT2D eigenvalue weighted by atomic mass is 32.2. The second-order valence-electron chi connectivity index (χ2n) is 7.71. The molecule has 0 saturated carbocycles. The van der Waals surface area contributed by atoms with E-state index in [1.165, 1.54) is 18.3 Å². The Bertz CT molecular complexity index is 1380. The average Bonchev–Trinajstić information content (AvgIpc) is 3.29. The standard InChI is InChI=1S/C21H22N6O4S/c1-32(29,30)18-5-2-14(13-23-18)20(28)25-21-24-17-12-15(26-8-10-31-11-9-26)3-4-16(17)19-22-6-7-27(19)21/h2-5,12-13,22H,6-11H2,1H3. The number of rotatable bonds is 3. The zero-order chi connectivity index (χ0) is 22.3. The molecular weight excluding hydrogens is 432 g/mol. The Labute approximate surface area is 184 Å². The van der Waals surface area contributed by atoms with E-state index in [9.17, 15) is 13.2 Å². The first-order valence-corrected chi connectivity index (χ1v) is 12.2. The fourth-order valence-electron chi connectivity index (χ4n) is 3.90. The number of nitrogens with zero attached hydrogens (tertiary/aromatic N) is 5. The number of hydrogen-bond donors (Lipinski definition) is 1. The monoisotopic (exact) mass is 454 g/mol. The van der Waals surface area contributed by atoms with Crippen LogP contribution in [0.15, 0.2) is 46.5 Å². The van der Waals surface area contributed by atoms with Crippen LogP contribution in [0.5, 0.6) is 0 Å². The summed E-state index contributed by atoms with van der Waals surface area (Å²) in [6.45, 7) is 4.36. The molecule has 4 heterocycles.